The van der Waals surface area contributed by atoms with Crippen molar-refractivity contribution in [2.24, 2.45) is 5.73 Å². The molecule has 2 heterocycles. The molecule has 20 heavy (non-hydrogen) atoms. The summed E-state index contributed by atoms with van der Waals surface area (Å²) in [5.74, 6) is -0.824. The topological polar surface area (TPSA) is 95.7 Å². The van der Waals surface area contributed by atoms with Crippen molar-refractivity contribution in [2.75, 3.05) is 29.9 Å². The van der Waals surface area contributed by atoms with E-state index in [-0.39, 0.29) is 30.8 Å². The van der Waals surface area contributed by atoms with E-state index >= 15 is 0 Å². The van der Waals surface area contributed by atoms with E-state index < -0.39 is 6.04 Å². The zero-order chi connectivity index (χ0) is 14.4. The summed E-state index contributed by atoms with van der Waals surface area (Å²) in [5.41, 5.74) is 8.03. The number of piperazine rings is 1. The number of likely N-dealkylation sites (N-methyl/N-ethyl adjacent to an activating group) is 1. The van der Waals surface area contributed by atoms with Crippen LogP contribution in [0.4, 0.5) is 11.4 Å². The number of hydrogen-bond acceptors (Lipinski definition) is 5. The van der Waals surface area contributed by atoms with Crippen LogP contribution < -0.4 is 20.9 Å². The van der Waals surface area contributed by atoms with E-state index in [2.05, 4.69) is 5.32 Å². The summed E-state index contributed by atoms with van der Waals surface area (Å²) in [4.78, 5) is 37.8. The molecule has 1 saturated heterocycles. The largest absolute Gasteiger partial charge is 0.353 e. The Morgan fingerprint density at radius 1 is 1.20 bits per heavy atom. The van der Waals surface area contributed by atoms with Crippen molar-refractivity contribution >= 4 is 29.1 Å². The predicted molar refractivity (Wildman–Crippen MR) is 72.1 cm³/mol. The van der Waals surface area contributed by atoms with Crippen LogP contribution in [0.5, 0.6) is 0 Å². The van der Waals surface area contributed by atoms with Crippen molar-refractivity contribution in [3.8, 4) is 0 Å². The van der Waals surface area contributed by atoms with E-state index in [9.17, 15) is 14.4 Å². The summed E-state index contributed by atoms with van der Waals surface area (Å²) in [7, 11) is 1.66. The number of fused-ring (bicyclic) bond motifs is 1. The third-order valence-corrected chi connectivity index (χ3v) is 3.62. The van der Waals surface area contributed by atoms with Gasteiger partial charge in [0, 0.05) is 18.3 Å². The maximum absolute atomic E-state index is 11.8. The fourth-order valence-electron chi connectivity index (χ4n) is 2.56. The molecule has 0 spiro atoms. The van der Waals surface area contributed by atoms with Crippen LogP contribution in [-0.4, -0.2) is 37.9 Å². The minimum absolute atomic E-state index is 0.119. The minimum Gasteiger partial charge on any atom is -0.353 e. The summed E-state index contributed by atoms with van der Waals surface area (Å²) in [6.45, 7) is 0.239. The molecule has 7 heteroatoms. The smallest absolute Gasteiger partial charge is 0.248 e. The molecule has 104 valence electrons. The molecule has 3 amide bonds. The van der Waals surface area contributed by atoms with Gasteiger partial charge >= 0.3 is 0 Å². The first-order chi connectivity index (χ1) is 9.47. The number of hydrogen-bond donors (Lipinski definition) is 2. The Morgan fingerprint density at radius 2 is 1.85 bits per heavy atom. The number of anilines is 2. The Kier molecular flexibility index (Phi) is 2.72. The molecule has 0 aromatic heterocycles. The quantitative estimate of drug-likeness (QED) is 0.649. The molecule has 0 aliphatic carbocycles. The van der Waals surface area contributed by atoms with E-state index in [1.54, 1.807) is 30.1 Å². The van der Waals surface area contributed by atoms with Crippen LogP contribution in [-0.2, 0) is 14.4 Å². The van der Waals surface area contributed by atoms with Crippen molar-refractivity contribution in [1.29, 1.82) is 0 Å². The van der Waals surface area contributed by atoms with Gasteiger partial charge in [-0.1, -0.05) is 6.07 Å². The summed E-state index contributed by atoms with van der Waals surface area (Å²) in [5, 5.41) is 2.25. The zero-order valence-electron chi connectivity index (χ0n) is 10.9. The summed E-state index contributed by atoms with van der Waals surface area (Å²) in [6.07, 6.45) is 0. The van der Waals surface area contributed by atoms with Gasteiger partial charge in [-0.25, -0.2) is 0 Å². The minimum atomic E-state index is -0.643. The lowest BCUT2D eigenvalue weighted by atomic mass is 10.1. The van der Waals surface area contributed by atoms with Crippen LogP contribution in [0.1, 0.15) is 11.6 Å². The molecule has 0 saturated carbocycles. The van der Waals surface area contributed by atoms with Crippen molar-refractivity contribution < 1.29 is 14.4 Å². The normalized spacial score (nSPS) is 22.1. The molecule has 3 N–H and O–H groups in total. The van der Waals surface area contributed by atoms with Crippen LogP contribution >= 0.6 is 0 Å². The Bertz CT molecular complexity index is 612. The summed E-state index contributed by atoms with van der Waals surface area (Å²) < 4.78 is 0. The Balaban J connectivity index is 1.96. The van der Waals surface area contributed by atoms with Gasteiger partial charge in [-0.15, -0.1) is 0 Å². The van der Waals surface area contributed by atoms with E-state index in [1.807, 2.05) is 0 Å². The van der Waals surface area contributed by atoms with Gasteiger partial charge in [0.05, 0.1) is 18.8 Å². The molecule has 1 aromatic carbocycles. The molecule has 1 aromatic rings. The first-order valence-electron chi connectivity index (χ1n) is 6.22. The highest BCUT2D eigenvalue weighted by molar-refractivity contribution is 6.05. The maximum Gasteiger partial charge on any atom is 0.248 e. The SMILES string of the molecule is CN1C(=O)C(N)c2ccc(N3CC(=O)NC(=O)C3)cc21. The molecule has 0 bridgehead atoms. The zero-order valence-corrected chi connectivity index (χ0v) is 10.9. The number of rotatable bonds is 1. The second-order valence-electron chi connectivity index (χ2n) is 4.95. The van der Waals surface area contributed by atoms with Gasteiger partial charge < -0.3 is 15.5 Å². The number of carbonyl (C=O) groups is 3. The molecular formula is C13H14N4O3. The fourth-order valence-corrected chi connectivity index (χ4v) is 2.56. The fraction of sp³-hybridized carbons (Fsp3) is 0.308. The molecule has 2 aliphatic rings. The van der Waals surface area contributed by atoms with Gasteiger partial charge in [-0.05, 0) is 12.1 Å². The molecule has 1 fully saturated rings. The van der Waals surface area contributed by atoms with Gasteiger partial charge in [-0.2, -0.15) is 0 Å². The second kappa shape index (κ2) is 4.31. The number of benzene rings is 1. The number of amides is 3. The molecule has 7 nitrogen and oxygen atoms in total. The highest BCUT2D eigenvalue weighted by Crippen LogP contribution is 2.36. The number of nitrogens with two attached hydrogens (primary N) is 1. The van der Waals surface area contributed by atoms with Crippen LogP contribution in [0.25, 0.3) is 0 Å². The predicted octanol–water partition coefficient (Wildman–Crippen LogP) is -0.874. The van der Waals surface area contributed by atoms with Crippen LogP contribution in [0.3, 0.4) is 0 Å². The van der Waals surface area contributed by atoms with E-state index in [0.29, 0.717) is 0 Å². The number of nitrogens with one attached hydrogen (secondary N) is 1. The first kappa shape index (κ1) is 12.6. The number of imide groups is 1. The van der Waals surface area contributed by atoms with Gasteiger partial charge in [0.25, 0.3) is 0 Å². The maximum atomic E-state index is 11.8. The van der Waals surface area contributed by atoms with Crippen molar-refractivity contribution in [3.63, 3.8) is 0 Å². The van der Waals surface area contributed by atoms with Crippen molar-refractivity contribution in [2.45, 2.75) is 6.04 Å². The molecule has 1 unspecified atom stereocenters. The lowest BCUT2D eigenvalue weighted by Gasteiger charge is -2.28. The molecule has 0 radical (unpaired) electrons. The van der Waals surface area contributed by atoms with Crippen molar-refractivity contribution in [3.05, 3.63) is 23.8 Å². The molecule has 2 aliphatic heterocycles. The number of nitrogens with zero attached hydrogens (tertiary/aromatic N) is 2. The Morgan fingerprint density at radius 3 is 2.50 bits per heavy atom. The van der Waals surface area contributed by atoms with Crippen LogP contribution in [0.2, 0.25) is 0 Å². The molecule has 1 atom stereocenters. The van der Waals surface area contributed by atoms with Crippen molar-refractivity contribution in [1.82, 2.24) is 5.32 Å². The summed E-state index contributed by atoms with van der Waals surface area (Å²) in [6, 6.07) is 4.69. The molecular weight excluding hydrogens is 260 g/mol. The van der Waals surface area contributed by atoms with E-state index in [1.165, 1.54) is 4.90 Å². The lowest BCUT2D eigenvalue weighted by molar-refractivity contribution is -0.130. The Hall–Kier alpha value is -2.41. The average Bonchev–Trinajstić information content (AvgIpc) is 2.62. The van der Waals surface area contributed by atoms with Gasteiger partial charge in [0.15, 0.2) is 0 Å². The molecule has 3 rings (SSSR count). The third kappa shape index (κ3) is 1.83. The van der Waals surface area contributed by atoms with Crippen LogP contribution in [0, 0.1) is 0 Å². The highest BCUT2D eigenvalue weighted by atomic mass is 16.2. The summed E-state index contributed by atoms with van der Waals surface area (Å²) >= 11 is 0. The van der Waals surface area contributed by atoms with Gasteiger partial charge in [0.1, 0.15) is 6.04 Å². The van der Waals surface area contributed by atoms with E-state index in [4.69, 9.17) is 5.73 Å². The number of carbonyl (C=O) groups excluding carboxylic acids is 3. The van der Waals surface area contributed by atoms with Crippen LogP contribution in [0.15, 0.2) is 18.2 Å². The lowest BCUT2D eigenvalue weighted by Crippen LogP contribution is -2.51. The standard InChI is InChI=1S/C13H14N4O3/c1-16-9-4-7(2-3-8(9)12(14)13(16)20)17-5-10(18)15-11(19)6-17/h2-4,12H,5-6,14H2,1H3,(H,15,18,19). The average molecular weight is 274 g/mol. The van der Waals surface area contributed by atoms with Gasteiger partial charge in [0.2, 0.25) is 17.7 Å². The van der Waals surface area contributed by atoms with Gasteiger partial charge in [-0.3, -0.25) is 19.7 Å². The highest BCUT2D eigenvalue weighted by Gasteiger charge is 2.33. The Labute approximate surface area is 115 Å². The second-order valence-corrected chi connectivity index (χ2v) is 4.95. The van der Waals surface area contributed by atoms with E-state index in [0.717, 1.165) is 16.9 Å². The monoisotopic (exact) mass is 274 g/mol. The third-order valence-electron chi connectivity index (χ3n) is 3.62. The first-order valence-corrected chi connectivity index (χ1v) is 6.22.